The van der Waals surface area contributed by atoms with Crippen molar-refractivity contribution in [2.45, 2.75) is 5.25 Å². The highest BCUT2D eigenvalue weighted by molar-refractivity contribution is 14.1. The van der Waals surface area contributed by atoms with Crippen molar-refractivity contribution in [3.63, 3.8) is 0 Å². The van der Waals surface area contributed by atoms with Crippen LogP contribution >= 0.6 is 67.8 Å². The number of benzene rings is 2. The molecule has 2 aromatic carbocycles. The first-order valence-electron chi connectivity index (χ1n) is 6.91. The first kappa shape index (κ1) is 24.3. The fraction of sp³-hybridized carbons (Fsp3) is 0.0714. The van der Waals surface area contributed by atoms with Crippen molar-refractivity contribution in [1.82, 2.24) is 0 Å². The molecular weight excluding hydrogens is 761 g/mol. The lowest BCUT2D eigenvalue weighted by atomic mass is 10.2. The number of ether oxygens (including phenoxy) is 2. The highest BCUT2D eigenvalue weighted by atomic mass is 127. The van der Waals surface area contributed by atoms with Gasteiger partial charge in [-0.1, -0.05) is 6.07 Å². The van der Waals surface area contributed by atoms with Crippen molar-refractivity contribution in [1.29, 1.82) is 0 Å². The Morgan fingerprint density at radius 3 is 2.10 bits per heavy atom. The van der Waals surface area contributed by atoms with Crippen LogP contribution in [-0.4, -0.2) is 29.1 Å². The maximum absolute atomic E-state index is 13.4. The van der Waals surface area contributed by atoms with E-state index in [4.69, 9.17) is 4.74 Å². The summed E-state index contributed by atoms with van der Waals surface area (Å²) < 4.78 is 70.1. The molecule has 9 nitrogen and oxygen atoms in total. The number of alkyl halides is 2. The number of esters is 1. The minimum atomic E-state index is -6.39. The summed E-state index contributed by atoms with van der Waals surface area (Å²) in [6, 6.07) is 6.44. The molecule has 0 aliphatic carbocycles. The van der Waals surface area contributed by atoms with E-state index in [1.165, 1.54) is 0 Å². The number of carbonyl (C=O) groups is 1. The quantitative estimate of drug-likeness (QED) is 0.107. The number of nitrogens with zero attached hydrogens (tertiary/aromatic N) is 1. The molecule has 0 heterocycles. The molecule has 29 heavy (non-hydrogen) atoms. The summed E-state index contributed by atoms with van der Waals surface area (Å²) in [6.07, 6.45) is 0. The van der Waals surface area contributed by atoms with Crippen molar-refractivity contribution in [2.75, 3.05) is 0 Å². The molecular formula is C14H5F2I3NO8S-. The van der Waals surface area contributed by atoms with E-state index < -0.39 is 43.5 Å². The zero-order valence-corrected chi connectivity index (χ0v) is 20.7. The van der Waals surface area contributed by atoms with Gasteiger partial charge in [-0.05, 0) is 92.0 Å². The van der Waals surface area contributed by atoms with Crippen LogP contribution in [0.1, 0.15) is 0 Å². The molecule has 0 amide bonds. The van der Waals surface area contributed by atoms with Crippen LogP contribution in [0.5, 0.6) is 17.2 Å². The Morgan fingerprint density at radius 1 is 1.10 bits per heavy atom. The largest absolute Gasteiger partial charge is 0.743 e. The van der Waals surface area contributed by atoms with Crippen molar-refractivity contribution in [3.8, 4) is 17.2 Å². The topological polar surface area (TPSA) is 136 Å². The maximum Gasteiger partial charge on any atom is 0.429 e. The van der Waals surface area contributed by atoms with Gasteiger partial charge in [0.1, 0.15) is 0 Å². The third-order valence-electron chi connectivity index (χ3n) is 3.07. The third kappa shape index (κ3) is 5.41. The molecule has 15 heteroatoms. The Hall–Kier alpha value is -0.930. The molecule has 0 radical (unpaired) electrons. The molecule has 156 valence electrons. The van der Waals surface area contributed by atoms with Gasteiger partial charge in [-0.2, -0.15) is 8.78 Å². The summed E-state index contributed by atoms with van der Waals surface area (Å²) in [4.78, 5) is 21.8. The van der Waals surface area contributed by atoms with Crippen LogP contribution in [0.4, 0.5) is 14.5 Å². The van der Waals surface area contributed by atoms with Gasteiger partial charge in [-0.15, -0.1) is 0 Å². The highest BCUT2D eigenvalue weighted by Gasteiger charge is 2.49. The number of carbonyl (C=O) groups excluding carboxylic acids is 1. The summed E-state index contributed by atoms with van der Waals surface area (Å²) >= 11 is 5.90. The fourth-order valence-electron chi connectivity index (χ4n) is 1.84. The number of hydrogen-bond acceptors (Lipinski definition) is 8. The SMILES string of the molecule is O=C(Oc1cccc(Oc2c(I)cc(I)cc2I)c1[N+](=O)[O-])C(F)(F)S(=O)(=O)[O-]. The van der Waals surface area contributed by atoms with Gasteiger partial charge in [0, 0.05) is 3.57 Å². The molecule has 0 aliphatic heterocycles. The van der Waals surface area contributed by atoms with Crippen molar-refractivity contribution in [2.24, 2.45) is 0 Å². The van der Waals surface area contributed by atoms with E-state index in [1.54, 1.807) is 12.1 Å². The Morgan fingerprint density at radius 2 is 1.62 bits per heavy atom. The Labute approximate surface area is 202 Å². The molecule has 0 atom stereocenters. The predicted octanol–water partition coefficient (Wildman–Crippen LogP) is 4.24. The Bertz CT molecular complexity index is 1090. The summed E-state index contributed by atoms with van der Waals surface area (Å²) in [5, 5.41) is 6.01. The molecule has 0 bridgehead atoms. The monoisotopic (exact) mass is 766 g/mol. The molecule has 0 N–H and O–H groups in total. The smallest absolute Gasteiger partial charge is 0.429 e. The van der Waals surface area contributed by atoms with Crippen LogP contribution in [0.15, 0.2) is 30.3 Å². The number of halogens is 5. The summed E-state index contributed by atoms with van der Waals surface area (Å²) in [5.74, 6) is -4.01. The summed E-state index contributed by atoms with van der Waals surface area (Å²) in [5.41, 5.74) is -1.01. The summed E-state index contributed by atoms with van der Waals surface area (Å²) in [7, 11) is -6.39. The van der Waals surface area contributed by atoms with E-state index in [9.17, 15) is 36.7 Å². The number of rotatable bonds is 6. The molecule has 0 fully saturated rings. The van der Waals surface area contributed by atoms with Gasteiger partial charge >= 0.3 is 16.9 Å². The van der Waals surface area contributed by atoms with Crippen molar-refractivity contribution in [3.05, 3.63) is 51.2 Å². The zero-order chi connectivity index (χ0) is 22.1. The molecule has 0 saturated heterocycles. The average molecular weight is 766 g/mol. The first-order valence-corrected chi connectivity index (χ1v) is 11.6. The molecule has 2 aromatic rings. The highest BCUT2D eigenvalue weighted by Crippen LogP contribution is 2.42. The van der Waals surface area contributed by atoms with Gasteiger partial charge < -0.3 is 14.0 Å². The van der Waals surface area contributed by atoms with E-state index in [-0.39, 0.29) is 5.75 Å². The summed E-state index contributed by atoms with van der Waals surface area (Å²) in [6.45, 7) is 0. The van der Waals surface area contributed by atoms with Crippen molar-refractivity contribution < 1.29 is 40.9 Å². The second kappa shape index (κ2) is 9.06. The Kier molecular flexibility index (Phi) is 7.60. The van der Waals surface area contributed by atoms with Crippen LogP contribution < -0.4 is 9.47 Å². The van der Waals surface area contributed by atoms with Crippen LogP contribution in [0.2, 0.25) is 0 Å². The second-order valence-electron chi connectivity index (χ2n) is 5.02. The molecule has 0 aromatic heterocycles. The molecule has 0 unspecified atom stereocenters. The lowest BCUT2D eigenvalue weighted by Crippen LogP contribution is -2.40. The first-order chi connectivity index (χ1) is 13.3. The lowest BCUT2D eigenvalue weighted by molar-refractivity contribution is -0.386. The van der Waals surface area contributed by atoms with E-state index in [0.29, 0.717) is 7.14 Å². The van der Waals surface area contributed by atoms with Crippen molar-refractivity contribution >= 4 is 89.5 Å². The van der Waals surface area contributed by atoms with E-state index >= 15 is 0 Å². The minimum absolute atomic E-state index is 0.227. The van der Waals surface area contributed by atoms with E-state index in [1.807, 2.05) is 45.2 Å². The average Bonchev–Trinajstić information content (AvgIpc) is 2.56. The number of nitro benzene ring substituents is 1. The van der Waals surface area contributed by atoms with Crippen LogP contribution in [0, 0.1) is 20.8 Å². The molecule has 0 spiro atoms. The van der Waals surface area contributed by atoms with E-state index in [0.717, 1.165) is 21.8 Å². The van der Waals surface area contributed by atoms with Crippen LogP contribution in [0.3, 0.4) is 0 Å². The zero-order valence-electron chi connectivity index (χ0n) is 13.4. The van der Waals surface area contributed by atoms with E-state index in [2.05, 4.69) is 27.3 Å². The van der Waals surface area contributed by atoms with Gasteiger partial charge in [0.2, 0.25) is 11.5 Å². The van der Waals surface area contributed by atoms with Crippen LogP contribution in [-0.2, 0) is 14.9 Å². The number of hydrogen-bond donors (Lipinski definition) is 0. The third-order valence-corrected chi connectivity index (χ3v) is 6.09. The van der Waals surface area contributed by atoms with Gasteiger partial charge in [0.15, 0.2) is 15.9 Å². The maximum atomic E-state index is 13.4. The minimum Gasteiger partial charge on any atom is -0.743 e. The standard InChI is InChI=1S/C14H6F2I3NO8S/c15-14(16,29(24,25)26)13(21)28-10-3-1-2-9(11(10)20(22)23)27-12-7(18)4-6(17)5-8(12)19/h1-5H,(H,24,25,26)/p-1. The fourth-order valence-corrected chi connectivity index (χ4v) is 5.89. The number of para-hydroxylation sites is 1. The predicted molar refractivity (Wildman–Crippen MR) is 118 cm³/mol. The number of nitro groups is 1. The van der Waals surface area contributed by atoms with Crippen LogP contribution in [0.25, 0.3) is 0 Å². The van der Waals surface area contributed by atoms with Gasteiger partial charge in [0.05, 0.1) is 12.1 Å². The molecule has 2 rings (SSSR count). The van der Waals surface area contributed by atoms with Gasteiger partial charge in [-0.3, -0.25) is 10.1 Å². The molecule has 0 saturated carbocycles. The second-order valence-corrected chi connectivity index (χ2v) is 10.0. The van der Waals surface area contributed by atoms with Gasteiger partial charge in [0.25, 0.3) is 0 Å². The Balaban J connectivity index is 2.51. The van der Waals surface area contributed by atoms with Gasteiger partial charge in [-0.25, -0.2) is 13.2 Å². The normalized spacial score (nSPS) is 11.8. The molecule has 0 aliphatic rings. The lowest BCUT2D eigenvalue weighted by Gasteiger charge is -2.18.